The van der Waals surface area contributed by atoms with Crippen molar-refractivity contribution in [2.45, 2.75) is 142 Å². The summed E-state index contributed by atoms with van der Waals surface area (Å²) >= 11 is 0. The second-order valence-corrected chi connectivity index (χ2v) is 22.2. The average molecular weight is 802 g/mol. The Morgan fingerprint density at radius 2 is 1.62 bits per heavy atom. The van der Waals surface area contributed by atoms with Crippen LogP contribution in [0.3, 0.4) is 0 Å². The summed E-state index contributed by atoms with van der Waals surface area (Å²) in [5.74, 6) is 0.826. The number of aliphatic hydroxyl groups excluding tert-OH is 1. The van der Waals surface area contributed by atoms with Crippen molar-refractivity contribution in [2.24, 2.45) is 62.6 Å². The molecule has 0 aromatic carbocycles. The fraction of sp³-hybridized carbons (Fsp3) is 0.950. The van der Waals surface area contributed by atoms with E-state index in [0.717, 1.165) is 70.9 Å². The van der Waals surface area contributed by atoms with E-state index in [1.807, 2.05) is 0 Å². The summed E-state index contributed by atoms with van der Waals surface area (Å²) in [6.07, 6.45) is 5.99. The minimum Gasteiger partial charge on any atom is -0.446 e. The number of sulfonamides is 1. The molecular formula is C40H62F3N3O8S. The number of carbonyl (C=O) groups excluding carboxylic acids is 2. The predicted octanol–water partition coefficient (Wildman–Crippen LogP) is 6.54. The zero-order chi connectivity index (χ0) is 39.9. The molecule has 5 aliphatic carbocycles. The van der Waals surface area contributed by atoms with Crippen LogP contribution in [0, 0.1) is 62.6 Å². The third-order valence-electron chi connectivity index (χ3n) is 17.5. The number of amides is 2. The zero-order valence-electron chi connectivity index (χ0n) is 33.5. The highest BCUT2D eigenvalue weighted by atomic mass is 32.2. The lowest BCUT2D eigenvalue weighted by Gasteiger charge is -2.63. The Balaban J connectivity index is 0.944. The first-order valence-electron chi connectivity index (χ1n) is 20.8. The number of hydrogen-bond acceptors (Lipinski definition) is 8. The minimum atomic E-state index is -5.43. The first-order chi connectivity index (χ1) is 25.5. The first-order valence-corrected chi connectivity index (χ1v) is 22.3. The number of halogens is 3. The monoisotopic (exact) mass is 801 g/mol. The molecule has 3 unspecified atom stereocenters. The van der Waals surface area contributed by atoms with Crippen LogP contribution in [0.2, 0.25) is 0 Å². The summed E-state index contributed by atoms with van der Waals surface area (Å²) in [4.78, 5) is 29.4. The molecule has 2 N–H and O–H groups in total. The van der Waals surface area contributed by atoms with Crippen molar-refractivity contribution in [1.82, 2.24) is 14.5 Å². The van der Waals surface area contributed by atoms with Crippen LogP contribution in [0.5, 0.6) is 0 Å². The van der Waals surface area contributed by atoms with Gasteiger partial charge in [0.05, 0.1) is 18.3 Å². The Labute approximate surface area is 324 Å². The van der Waals surface area contributed by atoms with Crippen molar-refractivity contribution in [1.29, 1.82) is 0 Å². The molecule has 3 heterocycles. The van der Waals surface area contributed by atoms with Gasteiger partial charge in [0.2, 0.25) is 0 Å². The molecule has 55 heavy (non-hydrogen) atoms. The molecular weight excluding hydrogens is 740 g/mol. The third kappa shape index (κ3) is 5.59. The number of hydrogen-bond donors (Lipinski definition) is 2. The van der Waals surface area contributed by atoms with E-state index >= 15 is 0 Å². The van der Waals surface area contributed by atoms with Gasteiger partial charge in [-0.15, -0.1) is 0 Å². The summed E-state index contributed by atoms with van der Waals surface area (Å²) < 4.78 is 81.9. The molecule has 0 aromatic heterocycles. The van der Waals surface area contributed by atoms with Crippen molar-refractivity contribution in [3.63, 3.8) is 0 Å². The second kappa shape index (κ2) is 12.8. The van der Waals surface area contributed by atoms with E-state index in [4.69, 9.17) is 14.2 Å². The zero-order valence-corrected chi connectivity index (χ0v) is 34.3. The van der Waals surface area contributed by atoms with Gasteiger partial charge < -0.3 is 29.1 Å². The smallest absolute Gasteiger partial charge is 0.446 e. The Bertz CT molecular complexity index is 1670. The van der Waals surface area contributed by atoms with E-state index in [9.17, 15) is 36.3 Å². The summed E-state index contributed by atoms with van der Waals surface area (Å²) in [7, 11) is -5.43. The summed E-state index contributed by atoms with van der Waals surface area (Å²) in [5.41, 5.74) is -5.92. The second-order valence-electron chi connectivity index (χ2n) is 20.4. The van der Waals surface area contributed by atoms with Gasteiger partial charge in [-0.1, -0.05) is 48.5 Å². The molecule has 11 nitrogen and oxygen atoms in total. The maximum absolute atomic E-state index is 13.3. The van der Waals surface area contributed by atoms with Crippen molar-refractivity contribution >= 4 is 22.2 Å². The molecule has 8 aliphatic rings. The van der Waals surface area contributed by atoms with Crippen LogP contribution in [0.25, 0.3) is 0 Å². The fourth-order valence-corrected chi connectivity index (χ4v) is 15.0. The molecule has 3 aliphatic heterocycles. The highest BCUT2D eigenvalue weighted by molar-refractivity contribution is 7.90. The van der Waals surface area contributed by atoms with E-state index in [1.54, 1.807) is 9.62 Å². The van der Waals surface area contributed by atoms with Crippen molar-refractivity contribution in [3.8, 4) is 0 Å². The molecule has 2 amide bonds. The van der Waals surface area contributed by atoms with Gasteiger partial charge in [-0.3, -0.25) is 0 Å². The molecule has 8 rings (SSSR count). The molecule has 15 heteroatoms. The molecule has 8 fully saturated rings. The highest BCUT2D eigenvalue weighted by Crippen LogP contribution is 2.89. The number of ether oxygens (including phenoxy) is 3. The van der Waals surface area contributed by atoms with Gasteiger partial charge in [-0.2, -0.15) is 13.2 Å². The van der Waals surface area contributed by atoms with Gasteiger partial charge >= 0.3 is 27.7 Å². The van der Waals surface area contributed by atoms with Crippen molar-refractivity contribution in [2.75, 3.05) is 32.7 Å². The summed E-state index contributed by atoms with van der Waals surface area (Å²) in [6, 6.07) is 0. The SMILES string of the molecule is CC(C)[C@@H](OC(=O)N1CCC1)C1C[C@@H](C)[C@H]2C(O1)[C@H](O)[C@@]1(C)C3CC[C@H]4C(C)(C)[C@@H](OC(=O)N5CC(CNS(=O)(=O)C(F)(F)F)C5)CC[C@@]45C[C@@]35CC[C@]21C. The molecule has 312 valence electrons. The lowest BCUT2D eigenvalue weighted by atomic mass is 9.41. The molecule has 0 aromatic rings. The van der Waals surface area contributed by atoms with E-state index in [0.29, 0.717) is 17.8 Å². The van der Waals surface area contributed by atoms with Crippen molar-refractivity contribution < 1.29 is 50.5 Å². The standard InChI is InChI=1S/C40H62F3N3O8S/c1-22(2)30(54-33(48)45-15-8-16-45)25-17-23(3)29-31(52-25)32(47)37(7)27-10-9-26-35(4,5)28(11-12-38(26)21-39(27,38)14-13-36(29,37)6)53-34(49)46-19-24(20-46)18-44-55(50,51)40(41,42)43/h22-32,44,47H,8-21H2,1-7H3/t23-,25?,26+,27?,28+,29+,30-,31?,32+,36-,37-,38-,39+/m1/s1. The van der Waals surface area contributed by atoms with Gasteiger partial charge in [-0.25, -0.2) is 22.7 Å². The normalized spacial score (nSPS) is 45.2. The van der Waals surface area contributed by atoms with Gasteiger partial charge in [0.25, 0.3) is 0 Å². The predicted molar refractivity (Wildman–Crippen MR) is 196 cm³/mol. The Kier molecular flexibility index (Phi) is 9.32. The largest absolute Gasteiger partial charge is 0.511 e. The summed E-state index contributed by atoms with van der Waals surface area (Å²) in [5, 5.41) is 12.6. The third-order valence-corrected chi connectivity index (χ3v) is 18.6. The number of fused-ring (bicyclic) bond motifs is 4. The molecule has 0 radical (unpaired) electrons. The van der Waals surface area contributed by atoms with Crippen LogP contribution in [-0.4, -0.2) is 104 Å². The van der Waals surface area contributed by atoms with Crippen molar-refractivity contribution in [3.05, 3.63) is 0 Å². The van der Waals surface area contributed by atoms with E-state index in [-0.39, 0.29) is 89.1 Å². The quantitative estimate of drug-likeness (QED) is 0.297. The number of likely N-dealkylation sites (tertiary alicyclic amines) is 2. The maximum atomic E-state index is 13.3. The number of aliphatic hydroxyl groups is 1. The van der Waals surface area contributed by atoms with Crippen LogP contribution in [0.4, 0.5) is 22.8 Å². The number of nitrogens with one attached hydrogen (secondary N) is 1. The lowest BCUT2D eigenvalue weighted by molar-refractivity contribution is -0.186. The van der Waals surface area contributed by atoms with Crippen LogP contribution in [-0.2, 0) is 24.2 Å². The Morgan fingerprint density at radius 1 is 0.964 bits per heavy atom. The number of rotatable bonds is 7. The Morgan fingerprint density at radius 3 is 2.24 bits per heavy atom. The fourth-order valence-electron chi connectivity index (χ4n) is 14.4. The highest BCUT2D eigenvalue weighted by Gasteiger charge is 2.85. The van der Waals surface area contributed by atoms with E-state index < -0.39 is 33.6 Å². The average Bonchev–Trinajstić information content (AvgIpc) is 3.67. The lowest BCUT2D eigenvalue weighted by Crippen LogP contribution is -2.60. The van der Waals surface area contributed by atoms with Gasteiger partial charge in [0.15, 0.2) is 0 Å². The number of nitrogens with zero attached hydrogens (tertiary/aromatic N) is 2. The molecule has 5 saturated carbocycles. The minimum absolute atomic E-state index is 0.0755. The summed E-state index contributed by atoms with van der Waals surface area (Å²) in [6.45, 7) is 17.0. The van der Waals surface area contributed by atoms with E-state index in [1.165, 1.54) is 4.90 Å². The van der Waals surface area contributed by atoms with Crippen LogP contribution < -0.4 is 4.72 Å². The van der Waals surface area contributed by atoms with Gasteiger partial charge in [-0.05, 0) is 104 Å². The molecule has 0 bridgehead atoms. The first kappa shape index (κ1) is 40.0. The van der Waals surface area contributed by atoms with Crippen LogP contribution >= 0.6 is 0 Å². The molecule has 13 atom stereocenters. The maximum Gasteiger partial charge on any atom is 0.511 e. The van der Waals surface area contributed by atoms with Crippen LogP contribution in [0.15, 0.2) is 0 Å². The number of alkyl halides is 3. The number of carbonyl (C=O) groups is 2. The Hall–Kier alpha value is -1.84. The molecule has 2 spiro atoms. The van der Waals surface area contributed by atoms with Gasteiger partial charge in [0, 0.05) is 49.5 Å². The van der Waals surface area contributed by atoms with E-state index in [2.05, 4.69) is 48.5 Å². The topological polar surface area (TPSA) is 135 Å². The van der Waals surface area contributed by atoms with Crippen LogP contribution in [0.1, 0.15) is 106 Å². The molecule has 3 saturated heterocycles. The van der Waals surface area contributed by atoms with Gasteiger partial charge in [0.1, 0.15) is 12.2 Å².